The van der Waals surface area contributed by atoms with Gasteiger partial charge in [0, 0.05) is 18.7 Å². The lowest BCUT2D eigenvalue weighted by Crippen LogP contribution is -1.94. The van der Waals surface area contributed by atoms with Crippen molar-refractivity contribution in [3.05, 3.63) is 36.4 Å². The third-order valence-corrected chi connectivity index (χ3v) is 2.47. The second-order valence-corrected chi connectivity index (χ2v) is 3.72. The first-order valence-corrected chi connectivity index (χ1v) is 5.18. The Labute approximate surface area is 97.3 Å². The molecule has 2 heterocycles. The highest BCUT2D eigenvalue weighted by Crippen LogP contribution is 2.23. The minimum Gasteiger partial charge on any atom is -0.441 e. The van der Waals surface area contributed by atoms with E-state index >= 15 is 0 Å². The monoisotopic (exact) mass is 226 g/mol. The van der Waals surface area contributed by atoms with Crippen LogP contribution < -0.4 is 5.73 Å². The Morgan fingerprint density at radius 1 is 1.18 bits per heavy atom. The van der Waals surface area contributed by atoms with Crippen LogP contribution in [0, 0.1) is 6.92 Å². The topological polar surface area (TPSA) is 77.8 Å². The molecule has 0 aliphatic rings. The van der Waals surface area contributed by atoms with Crippen LogP contribution in [-0.2, 0) is 0 Å². The molecule has 0 fully saturated rings. The van der Waals surface area contributed by atoms with Gasteiger partial charge >= 0.3 is 0 Å². The fourth-order valence-electron chi connectivity index (χ4n) is 1.73. The predicted molar refractivity (Wildman–Crippen MR) is 64.2 cm³/mol. The Hall–Kier alpha value is -2.43. The first kappa shape index (κ1) is 9.77. The van der Waals surface area contributed by atoms with Crippen molar-refractivity contribution in [2.24, 2.45) is 0 Å². The van der Waals surface area contributed by atoms with Gasteiger partial charge in [-0.3, -0.25) is 0 Å². The van der Waals surface area contributed by atoms with Crippen LogP contribution in [0.25, 0.3) is 22.4 Å². The standard InChI is InChI=1S/C12H10N4O/c1-7-15-10-3-2-8(6-11(10)17-7)9-4-5-14-12(13)16-9/h2-6H,1H3,(H2,13,14,16). The lowest BCUT2D eigenvalue weighted by Gasteiger charge is -2.00. The summed E-state index contributed by atoms with van der Waals surface area (Å²) in [6.07, 6.45) is 1.63. The Balaban J connectivity index is 2.17. The minimum atomic E-state index is 0.261. The summed E-state index contributed by atoms with van der Waals surface area (Å²) in [6.45, 7) is 1.82. The van der Waals surface area contributed by atoms with Crippen LogP contribution in [0.5, 0.6) is 0 Å². The van der Waals surface area contributed by atoms with E-state index in [0.717, 1.165) is 22.4 Å². The Morgan fingerprint density at radius 2 is 2.06 bits per heavy atom. The SMILES string of the molecule is Cc1nc2ccc(-c3ccnc(N)n3)cc2o1. The first-order valence-electron chi connectivity index (χ1n) is 5.18. The molecular formula is C12H10N4O. The average molecular weight is 226 g/mol. The molecule has 0 atom stereocenters. The van der Waals surface area contributed by atoms with Crippen molar-refractivity contribution in [1.82, 2.24) is 15.0 Å². The third-order valence-electron chi connectivity index (χ3n) is 2.47. The molecule has 1 aromatic carbocycles. The molecule has 2 aromatic heterocycles. The van der Waals surface area contributed by atoms with Crippen LogP contribution in [0.1, 0.15) is 5.89 Å². The van der Waals surface area contributed by atoms with Crippen LogP contribution in [0.4, 0.5) is 5.95 Å². The predicted octanol–water partition coefficient (Wildman–Crippen LogP) is 2.18. The molecule has 17 heavy (non-hydrogen) atoms. The van der Waals surface area contributed by atoms with Crippen LogP contribution >= 0.6 is 0 Å². The van der Waals surface area contributed by atoms with E-state index in [9.17, 15) is 0 Å². The summed E-state index contributed by atoms with van der Waals surface area (Å²) in [5.41, 5.74) is 8.85. The molecule has 0 saturated heterocycles. The number of hydrogen-bond acceptors (Lipinski definition) is 5. The number of fused-ring (bicyclic) bond motifs is 1. The number of oxazole rings is 1. The smallest absolute Gasteiger partial charge is 0.220 e. The second kappa shape index (κ2) is 3.55. The summed E-state index contributed by atoms with van der Waals surface area (Å²) in [5, 5.41) is 0. The second-order valence-electron chi connectivity index (χ2n) is 3.72. The largest absolute Gasteiger partial charge is 0.441 e. The molecule has 0 unspecified atom stereocenters. The molecule has 0 aliphatic heterocycles. The summed E-state index contributed by atoms with van der Waals surface area (Å²) >= 11 is 0. The first-order chi connectivity index (χ1) is 8.22. The van der Waals surface area contributed by atoms with Gasteiger partial charge in [-0.2, -0.15) is 0 Å². The zero-order chi connectivity index (χ0) is 11.8. The summed E-state index contributed by atoms with van der Waals surface area (Å²) in [4.78, 5) is 12.3. The van der Waals surface area contributed by atoms with Crippen LogP contribution in [0.15, 0.2) is 34.9 Å². The third kappa shape index (κ3) is 1.71. The van der Waals surface area contributed by atoms with Gasteiger partial charge in [0.25, 0.3) is 0 Å². The summed E-state index contributed by atoms with van der Waals surface area (Å²) in [7, 11) is 0. The summed E-state index contributed by atoms with van der Waals surface area (Å²) < 4.78 is 5.47. The average Bonchev–Trinajstić information content (AvgIpc) is 2.68. The van der Waals surface area contributed by atoms with Crippen LogP contribution in [-0.4, -0.2) is 15.0 Å². The lowest BCUT2D eigenvalue weighted by molar-refractivity contribution is 0.561. The van der Waals surface area contributed by atoms with E-state index in [1.165, 1.54) is 0 Å². The highest BCUT2D eigenvalue weighted by atomic mass is 16.3. The maximum atomic E-state index is 5.55. The molecule has 5 nitrogen and oxygen atoms in total. The number of anilines is 1. The van der Waals surface area contributed by atoms with Crippen molar-refractivity contribution in [3.8, 4) is 11.3 Å². The Kier molecular flexibility index (Phi) is 2.04. The normalized spacial score (nSPS) is 10.9. The molecule has 0 bridgehead atoms. The van der Waals surface area contributed by atoms with Crippen molar-refractivity contribution in [1.29, 1.82) is 0 Å². The van der Waals surface area contributed by atoms with E-state index in [4.69, 9.17) is 10.2 Å². The van der Waals surface area contributed by atoms with Crippen LogP contribution in [0.2, 0.25) is 0 Å². The molecule has 2 N–H and O–H groups in total. The van der Waals surface area contributed by atoms with Crippen molar-refractivity contribution >= 4 is 17.0 Å². The molecule has 0 radical (unpaired) electrons. The maximum absolute atomic E-state index is 5.55. The molecule has 84 valence electrons. The molecular weight excluding hydrogens is 216 g/mol. The van der Waals surface area contributed by atoms with E-state index in [0.29, 0.717) is 5.89 Å². The zero-order valence-electron chi connectivity index (χ0n) is 9.21. The number of aryl methyl sites for hydroxylation is 1. The van der Waals surface area contributed by atoms with Crippen molar-refractivity contribution in [2.45, 2.75) is 6.92 Å². The van der Waals surface area contributed by atoms with Crippen molar-refractivity contribution in [2.75, 3.05) is 5.73 Å². The quantitative estimate of drug-likeness (QED) is 0.688. The fraction of sp³-hybridized carbons (Fsp3) is 0.0833. The van der Waals surface area contributed by atoms with Gasteiger partial charge < -0.3 is 10.2 Å². The molecule has 3 rings (SSSR count). The van der Waals surface area contributed by atoms with Crippen molar-refractivity contribution < 1.29 is 4.42 Å². The van der Waals surface area contributed by atoms with Gasteiger partial charge in [0.15, 0.2) is 11.5 Å². The van der Waals surface area contributed by atoms with Gasteiger partial charge in [-0.15, -0.1) is 0 Å². The van der Waals surface area contributed by atoms with Gasteiger partial charge in [-0.1, -0.05) is 6.07 Å². The zero-order valence-corrected chi connectivity index (χ0v) is 9.21. The molecule has 3 aromatic rings. The molecule has 5 heteroatoms. The van der Waals surface area contributed by atoms with E-state index in [1.807, 2.05) is 25.1 Å². The van der Waals surface area contributed by atoms with Gasteiger partial charge in [-0.05, 0) is 18.2 Å². The molecule has 0 aliphatic carbocycles. The fourth-order valence-corrected chi connectivity index (χ4v) is 1.73. The van der Waals surface area contributed by atoms with Gasteiger partial charge in [-0.25, -0.2) is 15.0 Å². The molecule has 0 saturated carbocycles. The Bertz CT molecular complexity index is 690. The number of rotatable bonds is 1. The van der Waals surface area contributed by atoms with E-state index in [2.05, 4.69) is 15.0 Å². The van der Waals surface area contributed by atoms with E-state index in [-0.39, 0.29) is 5.95 Å². The van der Waals surface area contributed by atoms with Gasteiger partial charge in [0.1, 0.15) is 5.52 Å². The summed E-state index contributed by atoms with van der Waals surface area (Å²) in [5.74, 6) is 0.913. The summed E-state index contributed by atoms with van der Waals surface area (Å²) in [6, 6.07) is 7.55. The maximum Gasteiger partial charge on any atom is 0.220 e. The molecule has 0 amide bonds. The minimum absolute atomic E-state index is 0.261. The highest BCUT2D eigenvalue weighted by Gasteiger charge is 2.06. The number of nitrogen functional groups attached to an aromatic ring is 1. The Morgan fingerprint density at radius 3 is 2.88 bits per heavy atom. The lowest BCUT2D eigenvalue weighted by atomic mass is 10.1. The van der Waals surface area contributed by atoms with Crippen LogP contribution in [0.3, 0.4) is 0 Å². The highest BCUT2D eigenvalue weighted by molar-refractivity contribution is 5.79. The van der Waals surface area contributed by atoms with Gasteiger partial charge in [0.05, 0.1) is 5.69 Å². The number of benzene rings is 1. The number of nitrogens with two attached hydrogens (primary N) is 1. The number of aromatic nitrogens is 3. The van der Waals surface area contributed by atoms with E-state index < -0.39 is 0 Å². The molecule has 0 spiro atoms. The number of nitrogens with zero attached hydrogens (tertiary/aromatic N) is 3. The number of hydrogen-bond donors (Lipinski definition) is 1. The van der Waals surface area contributed by atoms with Crippen molar-refractivity contribution in [3.63, 3.8) is 0 Å². The van der Waals surface area contributed by atoms with Gasteiger partial charge in [0.2, 0.25) is 5.95 Å². The van der Waals surface area contributed by atoms with E-state index in [1.54, 1.807) is 12.3 Å².